The van der Waals surface area contributed by atoms with Crippen LogP contribution in [0.2, 0.25) is 0 Å². The van der Waals surface area contributed by atoms with Gasteiger partial charge in [0.2, 0.25) is 0 Å². The highest BCUT2D eigenvalue weighted by molar-refractivity contribution is 9.10. The molecule has 0 aliphatic heterocycles. The zero-order chi connectivity index (χ0) is 12.4. The SMILES string of the molecule is Cn1cc(CNc2c(F)cc(F)cc2Br)cn1. The molecule has 0 saturated heterocycles. The summed E-state index contributed by atoms with van der Waals surface area (Å²) in [6.45, 7) is 0.426. The maximum atomic E-state index is 13.5. The fourth-order valence-corrected chi connectivity index (χ4v) is 2.01. The smallest absolute Gasteiger partial charge is 0.150 e. The topological polar surface area (TPSA) is 29.9 Å². The lowest BCUT2D eigenvalue weighted by Gasteiger charge is -2.08. The van der Waals surface area contributed by atoms with Crippen LogP contribution in [0.4, 0.5) is 14.5 Å². The van der Waals surface area contributed by atoms with E-state index in [9.17, 15) is 8.78 Å². The van der Waals surface area contributed by atoms with Gasteiger partial charge in [-0.05, 0) is 22.0 Å². The molecule has 6 heteroatoms. The molecule has 0 unspecified atom stereocenters. The Kier molecular flexibility index (Phi) is 3.42. The minimum atomic E-state index is -0.624. The highest BCUT2D eigenvalue weighted by atomic mass is 79.9. The maximum Gasteiger partial charge on any atom is 0.150 e. The molecular formula is C11H10BrF2N3. The average Bonchev–Trinajstić information content (AvgIpc) is 2.62. The molecule has 17 heavy (non-hydrogen) atoms. The maximum absolute atomic E-state index is 13.5. The van der Waals surface area contributed by atoms with E-state index in [1.165, 1.54) is 6.07 Å². The van der Waals surface area contributed by atoms with Gasteiger partial charge in [-0.15, -0.1) is 0 Å². The summed E-state index contributed by atoms with van der Waals surface area (Å²) in [5.74, 6) is -1.23. The van der Waals surface area contributed by atoms with E-state index in [1.54, 1.807) is 17.9 Å². The molecule has 90 valence electrons. The van der Waals surface area contributed by atoms with Gasteiger partial charge in [0, 0.05) is 35.9 Å². The molecule has 1 heterocycles. The summed E-state index contributed by atoms with van der Waals surface area (Å²) in [5, 5.41) is 6.90. The van der Waals surface area contributed by atoms with Crippen LogP contribution < -0.4 is 5.32 Å². The van der Waals surface area contributed by atoms with E-state index in [-0.39, 0.29) is 5.69 Å². The molecule has 3 nitrogen and oxygen atoms in total. The highest BCUT2D eigenvalue weighted by Gasteiger charge is 2.09. The number of nitrogens with zero attached hydrogens (tertiary/aromatic N) is 2. The van der Waals surface area contributed by atoms with Crippen LogP contribution in [-0.4, -0.2) is 9.78 Å². The molecular weight excluding hydrogens is 292 g/mol. The van der Waals surface area contributed by atoms with Gasteiger partial charge in [0.25, 0.3) is 0 Å². The van der Waals surface area contributed by atoms with Gasteiger partial charge in [-0.3, -0.25) is 4.68 Å². The van der Waals surface area contributed by atoms with Gasteiger partial charge in [-0.2, -0.15) is 5.10 Å². The largest absolute Gasteiger partial charge is 0.378 e. The Balaban J connectivity index is 2.14. The Hall–Kier alpha value is -1.43. The Morgan fingerprint density at radius 1 is 1.41 bits per heavy atom. The van der Waals surface area contributed by atoms with E-state index in [4.69, 9.17) is 0 Å². The van der Waals surface area contributed by atoms with Crippen molar-refractivity contribution in [2.75, 3.05) is 5.32 Å². The van der Waals surface area contributed by atoms with Gasteiger partial charge in [0.1, 0.15) is 11.6 Å². The fraction of sp³-hybridized carbons (Fsp3) is 0.182. The second kappa shape index (κ2) is 4.83. The number of hydrogen-bond donors (Lipinski definition) is 1. The lowest BCUT2D eigenvalue weighted by atomic mass is 10.2. The Bertz CT molecular complexity index is 516. The molecule has 0 bridgehead atoms. The molecule has 0 atom stereocenters. The summed E-state index contributed by atoms with van der Waals surface area (Å²) in [5.41, 5.74) is 1.17. The standard InChI is InChI=1S/C11H10BrF2N3/c1-17-6-7(5-16-17)4-15-11-9(12)2-8(13)3-10(11)14/h2-3,5-6,15H,4H2,1H3. The third kappa shape index (κ3) is 2.82. The van der Waals surface area contributed by atoms with Crippen LogP contribution >= 0.6 is 15.9 Å². The van der Waals surface area contributed by atoms with Gasteiger partial charge in [-0.1, -0.05) is 0 Å². The van der Waals surface area contributed by atoms with Crippen LogP contribution in [0.25, 0.3) is 0 Å². The molecule has 0 radical (unpaired) electrons. The minimum absolute atomic E-state index is 0.246. The molecule has 1 aromatic carbocycles. The van der Waals surface area contributed by atoms with Crippen molar-refractivity contribution in [2.24, 2.45) is 7.05 Å². The fourth-order valence-electron chi connectivity index (χ4n) is 1.46. The first kappa shape index (κ1) is 12.0. The molecule has 2 rings (SSSR count). The van der Waals surface area contributed by atoms with Crippen molar-refractivity contribution in [3.8, 4) is 0 Å². The average molecular weight is 302 g/mol. The van der Waals surface area contributed by atoms with Gasteiger partial charge in [0.15, 0.2) is 0 Å². The minimum Gasteiger partial charge on any atom is -0.378 e. The van der Waals surface area contributed by atoms with Crippen LogP contribution in [-0.2, 0) is 13.6 Å². The number of aryl methyl sites for hydroxylation is 1. The monoisotopic (exact) mass is 301 g/mol. The van der Waals surface area contributed by atoms with Gasteiger partial charge >= 0.3 is 0 Å². The molecule has 1 aromatic heterocycles. The van der Waals surface area contributed by atoms with E-state index in [0.717, 1.165) is 11.6 Å². The molecule has 0 spiro atoms. The number of nitrogens with one attached hydrogen (secondary N) is 1. The first-order valence-corrected chi connectivity index (χ1v) is 5.71. The zero-order valence-corrected chi connectivity index (χ0v) is 10.6. The molecule has 1 N–H and O–H groups in total. The summed E-state index contributed by atoms with van der Waals surface area (Å²) < 4.78 is 28.3. The predicted molar refractivity (Wildman–Crippen MR) is 64.6 cm³/mol. The van der Waals surface area contributed by atoms with Crippen molar-refractivity contribution in [3.05, 3.63) is 46.2 Å². The van der Waals surface area contributed by atoms with E-state index in [1.807, 2.05) is 6.20 Å². The van der Waals surface area contributed by atoms with Crippen LogP contribution in [0, 0.1) is 11.6 Å². The number of benzene rings is 1. The van der Waals surface area contributed by atoms with Crippen molar-refractivity contribution < 1.29 is 8.78 Å². The first-order valence-electron chi connectivity index (χ1n) is 4.92. The molecule has 0 fully saturated rings. The Morgan fingerprint density at radius 2 is 2.18 bits per heavy atom. The lowest BCUT2D eigenvalue weighted by molar-refractivity contribution is 0.583. The molecule has 0 amide bonds. The summed E-state index contributed by atoms with van der Waals surface area (Å²) in [4.78, 5) is 0. The van der Waals surface area contributed by atoms with Crippen LogP contribution in [0.5, 0.6) is 0 Å². The van der Waals surface area contributed by atoms with Gasteiger partial charge in [0.05, 0.1) is 11.9 Å². The lowest BCUT2D eigenvalue weighted by Crippen LogP contribution is -2.02. The van der Waals surface area contributed by atoms with Crippen molar-refractivity contribution in [3.63, 3.8) is 0 Å². The third-order valence-electron chi connectivity index (χ3n) is 2.23. The molecule has 0 saturated carbocycles. The first-order chi connectivity index (χ1) is 8.06. The van der Waals surface area contributed by atoms with Crippen molar-refractivity contribution >= 4 is 21.6 Å². The summed E-state index contributed by atoms with van der Waals surface area (Å²) in [6.07, 6.45) is 3.50. The van der Waals surface area contributed by atoms with Crippen molar-refractivity contribution in [1.82, 2.24) is 9.78 Å². The van der Waals surface area contributed by atoms with E-state index >= 15 is 0 Å². The van der Waals surface area contributed by atoms with Crippen molar-refractivity contribution in [2.45, 2.75) is 6.54 Å². The van der Waals surface area contributed by atoms with Gasteiger partial charge in [-0.25, -0.2) is 8.78 Å². The summed E-state index contributed by atoms with van der Waals surface area (Å²) in [6, 6.07) is 2.06. The molecule has 0 aliphatic carbocycles. The Labute approximate surface area is 106 Å². The Morgan fingerprint density at radius 3 is 2.76 bits per heavy atom. The van der Waals surface area contributed by atoms with Crippen LogP contribution in [0.1, 0.15) is 5.56 Å². The van der Waals surface area contributed by atoms with Crippen LogP contribution in [0.3, 0.4) is 0 Å². The van der Waals surface area contributed by atoms with Crippen molar-refractivity contribution in [1.29, 1.82) is 0 Å². The van der Waals surface area contributed by atoms with E-state index in [0.29, 0.717) is 11.0 Å². The summed E-state index contributed by atoms with van der Waals surface area (Å²) >= 11 is 3.11. The predicted octanol–water partition coefficient (Wildman–Crippen LogP) is 3.07. The number of hydrogen-bond acceptors (Lipinski definition) is 2. The number of anilines is 1. The highest BCUT2D eigenvalue weighted by Crippen LogP contribution is 2.27. The summed E-state index contributed by atoms with van der Waals surface area (Å²) in [7, 11) is 1.80. The zero-order valence-electron chi connectivity index (χ0n) is 9.04. The van der Waals surface area contributed by atoms with Gasteiger partial charge < -0.3 is 5.32 Å². The number of rotatable bonds is 3. The second-order valence-electron chi connectivity index (χ2n) is 3.62. The second-order valence-corrected chi connectivity index (χ2v) is 4.47. The normalized spacial score (nSPS) is 10.6. The molecule has 2 aromatic rings. The quantitative estimate of drug-likeness (QED) is 0.944. The molecule has 0 aliphatic rings. The number of aromatic nitrogens is 2. The van der Waals surface area contributed by atoms with Crippen LogP contribution in [0.15, 0.2) is 29.0 Å². The van der Waals surface area contributed by atoms with E-state index in [2.05, 4.69) is 26.3 Å². The number of halogens is 3. The third-order valence-corrected chi connectivity index (χ3v) is 2.86. The van der Waals surface area contributed by atoms with E-state index < -0.39 is 11.6 Å².